The second kappa shape index (κ2) is 5.80. The number of aromatic nitrogens is 2. The van der Waals surface area contributed by atoms with Crippen LogP contribution in [0.5, 0.6) is 0 Å². The minimum Gasteiger partial charge on any atom is -0.271 e. The molecule has 4 nitrogen and oxygen atoms in total. The molecule has 0 bridgehead atoms. The van der Waals surface area contributed by atoms with Crippen LogP contribution in [0.3, 0.4) is 0 Å². The fraction of sp³-hybridized carbons (Fsp3) is 0.500. The topological polar surface area (TPSA) is 63.8 Å². The van der Waals surface area contributed by atoms with Crippen LogP contribution in [0, 0.1) is 0 Å². The Morgan fingerprint density at radius 3 is 3.15 bits per heavy atom. The average molecular weight is 198 g/mol. The molecule has 1 unspecified atom stereocenters. The van der Waals surface area contributed by atoms with Crippen LogP contribution in [0.25, 0.3) is 0 Å². The van der Waals surface area contributed by atoms with Gasteiger partial charge in [-0.3, -0.25) is 11.3 Å². The molecule has 0 fully saturated rings. The highest BCUT2D eigenvalue weighted by atomic mass is 32.1. The number of rotatable bonds is 6. The molecule has 1 rings (SSSR count). The summed E-state index contributed by atoms with van der Waals surface area (Å²) in [5, 5.41) is 0. The van der Waals surface area contributed by atoms with Gasteiger partial charge in [0.2, 0.25) is 0 Å². The molecule has 3 N–H and O–H groups in total. The van der Waals surface area contributed by atoms with Crippen LogP contribution in [-0.4, -0.2) is 8.75 Å². The van der Waals surface area contributed by atoms with Crippen molar-refractivity contribution in [3.8, 4) is 0 Å². The third-order valence-electron chi connectivity index (χ3n) is 1.84. The summed E-state index contributed by atoms with van der Waals surface area (Å²) >= 11 is 1.21. The molecule has 0 aliphatic rings. The predicted octanol–water partition coefficient (Wildman–Crippen LogP) is 1.40. The van der Waals surface area contributed by atoms with Gasteiger partial charge in [0.1, 0.15) is 0 Å². The second-order valence-electron chi connectivity index (χ2n) is 2.77. The number of hydrogen-bond donors (Lipinski definition) is 2. The van der Waals surface area contributed by atoms with E-state index in [0.717, 1.165) is 25.0 Å². The Hall–Kier alpha value is -0.780. The SMILES string of the molecule is C=CCCCC(NN)c1cnsn1. The highest BCUT2D eigenvalue weighted by molar-refractivity contribution is 6.99. The fourth-order valence-corrected chi connectivity index (χ4v) is 1.58. The van der Waals surface area contributed by atoms with Crippen LogP contribution < -0.4 is 11.3 Å². The third-order valence-corrected chi connectivity index (χ3v) is 2.33. The lowest BCUT2D eigenvalue weighted by molar-refractivity contribution is 0.493. The molecule has 1 atom stereocenters. The van der Waals surface area contributed by atoms with E-state index in [1.54, 1.807) is 6.20 Å². The largest absolute Gasteiger partial charge is 0.271 e. The van der Waals surface area contributed by atoms with E-state index in [-0.39, 0.29) is 6.04 Å². The molecule has 1 aromatic rings. The van der Waals surface area contributed by atoms with Crippen LogP contribution in [0.15, 0.2) is 18.9 Å². The first-order valence-electron chi connectivity index (χ1n) is 4.23. The van der Waals surface area contributed by atoms with Crippen molar-refractivity contribution >= 4 is 11.7 Å². The molecule has 0 saturated carbocycles. The van der Waals surface area contributed by atoms with E-state index in [1.807, 2.05) is 6.08 Å². The van der Waals surface area contributed by atoms with Gasteiger partial charge in [0.25, 0.3) is 0 Å². The molecule has 72 valence electrons. The number of nitrogens with zero attached hydrogens (tertiary/aromatic N) is 2. The van der Waals surface area contributed by atoms with Crippen molar-refractivity contribution in [2.24, 2.45) is 5.84 Å². The Bertz CT molecular complexity index is 234. The summed E-state index contributed by atoms with van der Waals surface area (Å²) in [6, 6.07) is 0.124. The second-order valence-corrected chi connectivity index (χ2v) is 3.33. The highest BCUT2D eigenvalue weighted by Gasteiger charge is 2.10. The maximum atomic E-state index is 5.41. The summed E-state index contributed by atoms with van der Waals surface area (Å²) in [4.78, 5) is 0. The molecule has 1 heterocycles. The number of hydrogen-bond acceptors (Lipinski definition) is 5. The third kappa shape index (κ3) is 3.22. The first kappa shape index (κ1) is 10.3. The lowest BCUT2D eigenvalue weighted by Gasteiger charge is -2.11. The summed E-state index contributed by atoms with van der Waals surface area (Å²) in [5.41, 5.74) is 3.66. The van der Waals surface area contributed by atoms with Crippen molar-refractivity contribution in [1.82, 2.24) is 14.2 Å². The van der Waals surface area contributed by atoms with Gasteiger partial charge in [-0.1, -0.05) is 6.08 Å². The van der Waals surface area contributed by atoms with Crippen LogP contribution in [0.2, 0.25) is 0 Å². The Balaban J connectivity index is 2.39. The van der Waals surface area contributed by atoms with Gasteiger partial charge in [-0.2, -0.15) is 8.75 Å². The van der Waals surface area contributed by atoms with Crippen molar-refractivity contribution < 1.29 is 0 Å². The summed E-state index contributed by atoms with van der Waals surface area (Å²) in [6.45, 7) is 3.67. The van der Waals surface area contributed by atoms with E-state index < -0.39 is 0 Å². The van der Waals surface area contributed by atoms with Gasteiger partial charge in [0.05, 0.1) is 29.7 Å². The number of unbranched alkanes of at least 4 members (excludes halogenated alkanes) is 1. The summed E-state index contributed by atoms with van der Waals surface area (Å²) in [7, 11) is 0. The maximum Gasteiger partial charge on any atom is 0.0925 e. The van der Waals surface area contributed by atoms with Gasteiger partial charge in [0, 0.05) is 0 Å². The quantitative estimate of drug-likeness (QED) is 0.314. The lowest BCUT2D eigenvalue weighted by atomic mass is 10.1. The smallest absolute Gasteiger partial charge is 0.0925 e. The highest BCUT2D eigenvalue weighted by Crippen LogP contribution is 2.16. The molecular formula is C8H14N4S. The number of nitrogens with two attached hydrogens (primary N) is 1. The first-order valence-corrected chi connectivity index (χ1v) is 4.96. The van der Waals surface area contributed by atoms with E-state index in [4.69, 9.17) is 5.84 Å². The molecule has 0 saturated heterocycles. The monoisotopic (exact) mass is 198 g/mol. The minimum absolute atomic E-state index is 0.124. The van der Waals surface area contributed by atoms with Gasteiger partial charge in [-0.05, 0) is 19.3 Å². The van der Waals surface area contributed by atoms with Crippen molar-refractivity contribution in [1.29, 1.82) is 0 Å². The van der Waals surface area contributed by atoms with E-state index in [0.29, 0.717) is 0 Å². The maximum absolute atomic E-state index is 5.41. The summed E-state index contributed by atoms with van der Waals surface area (Å²) in [6.07, 6.45) is 6.70. The number of hydrazine groups is 1. The zero-order chi connectivity index (χ0) is 9.52. The van der Waals surface area contributed by atoms with Crippen molar-refractivity contribution in [2.45, 2.75) is 25.3 Å². The van der Waals surface area contributed by atoms with Crippen molar-refractivity contribution in [3.63, 3.8) is 0 Å². The Morgan fingerprint density at radius 2 is 2.62 bits per heavy atom. The summed E-state index contributed by atoms with van der Waals surface area (Å²) < 4.78 is 8.06. The zero-order valence-electron chi connectivity index (χ0n) is 7.44. The van der Waals surface area contributed by atoms with E-state index in [1.165, 1.54) is 11.7 Å². The Labute approximate surface area is 82.2 Å². The molecule has 0 radical (unpaired) electrons. The van der Waals surface area contributed by atoms with Crippen LogP contribution in [0.4, 0.5) is 0 Å². The number of nitrogens with one attached hydrogen (secondary N) is 1. The molecule has 0 aliphatic heterocycles. The molecule has 1 aromatic heterocycles. The van der Waals surface area contributed by atoms with E-state index in [9.17, 15) is 0 Å². The van der Waals surface area contributed by atoms with E-state index >= 15 is 0 Å². The first-order chi connectivity index (χ1) is 6.38. The van der Waals surface area contributed by atoms with Crippen LogP contribution >= 0.6 is 11.7 Å². The van der Waals surface area contributed by atoms with Gasteiger partial charge in [-0.15, -0.1) is 6.58 Å². The van der Waals surface area contributed by atoms with Crippen molar-refractivity contribution in [3.05, 3.63) is 24.5 Å². The van der Waals surface area contributed by atoms with Crippen molar-refractivity contribution in [2.75, 3.05) is 0 Å². The normalized spacial score (nSPS) is 12.7. The molecule has 0 aromatic carbocycles. The molecule has 0 amide bonds. The number of allylic oxidation sites excluding steroid dienone is 1. The van der Waals surface area contributed by atoms with Gasteiger partial charge in [-0.25, -0.2) is 0 Å². The molecule has 5 heteroatoms. The molecule has 13 heavy (non-hydrogen) atoms. The van der Waals surface area contributed by atoms with Gasteiger partial charge >= 0.3 is 0 Å². The fourth-order valence-electron chi connectivity index (χ4n) is 1.11. The predicted molar refractivity (Wildman–Crippen MR) is 54.0 cm³/mol. The summed E-state index contributed by atoms with van der Waals surface area (Å²) in [5.74, 6) is 5.41. The van der Waals surface area contributed by atoms with Gasteiger partial charge < -0.3 is 0 Å². The van der Waals surface area contributed by atoms with Crippen LogP contribution in [-0.2, 0) is 0 Å². The standard InChI is InChI=1S/C8H14N4S/c1-2-3-4-5-7(11-9)8-6-10-13-12-8/h2,6-7,11H,1,3-5,9H2. The van der Waals surface area contributed by atoms with E-state index in [2.05, 4.69) is 20.8 Å². The Kier molecular flexibility index (Phi) is 4.59. The minimum atomic E-state index is 0.124. The molecule has 0 spiro atoms. The molecular weight excluding hydrogens is 184 g/mol. The zero-order valence-corrected chi connectivity index (χ0v) is 8.26. The van der Waals surface area contributed by atoms with Crippen LogP contribution in [0.1, 0.15) is 31.0 Å². The lowest BCUT2D eigenvalue weighted by Crippen LogP contribution is -2.28. The Morgan fingerprint density at radius 1 is 1.77 bits per heavy atom. The van der Waals surface area contributed by atoms with Gasteiger partial charge in [0.15, 0.2) is 0 Å². The molecule has 0 aliphatic carbocycles. The average Bonchev–Trinajstić information content (AvgIpc) is 2.65.